The molecule has 0 amide bonds. The maximum Gasteiger partial charge on any atom is 0.0705 e. The standard InChI is InChI=1S/C20H29N3O/c1-16(2)13-23-11-10-22(15-18(23)8-12-24)14-17-5-3-7-20-19(17)6-4-9-21-20/h3-7,9,16,18,24H,8,10-15H2,1-2H3/t18-/m1/s1. The molecular weight excluding hydrogens is 298 g/mol. The molecule has 1 atom stereocenters. The van der Waals surface area contributed by atoms with Gasteiger partial charge in [0.1, 0.15) is 0 Å². The summed E-state index contributed by atoms with van der Waals surface area (Å²) in [5, 5.41) is 10.7. The average molecular weight is 327 g/mol. The predicted molar refractivity (Wildman–Crippen MR) is 98.9 cm³/mol. The van der Waals surface area contributed by atoms with Crippen molar-refractivity contribution >= 4 is 10.9 Å². The number of fused-ring (bicyclic) bond motifs is 1. The Bertz CT molecular complexity index is 653. The van der Waals surface area contributed by atoms with E-state index in [-0.39, 0.29) is 6.61 Å². The lowest BCUT2D eigenvalue weighted by Crippen LogP contribution is -2.53. The third kappa shape index (κ3) is 4.12. The smallest absolute Gasteiger partial charge is 0.0705 e. The van der Waals surface area contributed by atoms with Crippen LogP contribution in [0.1, 0.15) is 25.8 Å². The first kappa shape index (κ1) is 17.3. The molecular formula is C20H29N3O. The van der Waals surface area contributed by atoms with Gasteiger partial charge in [-0.2, -0.15) is 0 Å². The van der Waals surface area contributed by atoms with E-state index in [1.165, 1.54) is 10.9 Å². The quantitative estimate of drug-likeness (QED) is 0.885. The van der Waals surface area contributed by atoms with Crippen LogP contribution in [0.25, 0.3) is 10.9 Å². The Balaban J connectivity index is 1.71. The number of hydrogen-bond acceptors (Lipinski definition) is 4. The average Bonchev–Trinajstić information content (AvgIpc) is 2.57. The molecule has 130 valence electrons. The molecule has 2 aromatic rings. The second kappa shape index (κ2) is 8.06. The van der Waals surface area contributed by atoms with Crippen LogP contribution in [0.4, 0.5) is 0 Å². The summed E-state index contributed by atoms with van der Waals surface area (Å²) in [6.07, 6.45) is 2.72. The number of aliphatic hydroxyl groups is 1. The Morgan fingerprint density at radius 2 is 2.08 bits per heavy atom. The number of aliphatic hydroxyl groups excluding tert-OH is 1. The number of aromatic nitrogens is 1. The van der Waals surface area contributed by atoms with Crippen LogP contribution in [0.5, 0.6) is 0 Å². The first-order valence-electron chi connectivity index (χ1n) is 9.07. The summed E-state index contributed by atoms with van der Waals surface area (Å²) in [5.41, 5.74) is 2.42. The van der Waals surface area contributed by atoms with E-state index in [4.69, 9.17) is 0 Å². The molecule has 3 rings (SSSR count). The van der Waals surface area contributed by atoms with Crippen molar-refractivity contribution in [2.24, 2.45) is 5.92 Å². The van der Waals surface area contributed by atoms with E-state index in [2.05, 4.69) is 52.9 Å². The van der Waals surface area contributed by atoms with E-state index >= 15 is 0 Å². The fraction of sp³-hybridized carbons (Fsp3) is 0.550. The highest BCUT2D eigenvalue weighted by Gasteiger charge is 2.27. The number of piperazine rings is 1. The minimum atomic E-state index is 0.269. The third-order valence-corrected chi connectivity index (χ3v) is 4.88. The summed E-state index contributed by atoms with van der Waals surface area (Å²) in [7, 11) is 0. The van der Waals surface area contributed by atoms with Crippen molar-refractivity contribution in [3.63, 3.8) is 0 Å². The molecule has 0 bridgehead atoms. The van der Waals surface area contributed by atoms with Crippen molar-refractivity contribution in [2.75, 3.05) is 32.8 Å². The molecule has 1 aliphatic heterocycles. The lowest BCUT2D eigenvalue weighted by atomic mass is 10.0. The van der Waals surface area contributed by atoms with Crippen molar-refractivity contribution in [1.82, 2.24) is 14.8 Å². The molecule has 1 aromatic carbocycles. The maximum atomic E-state index is 9.43. The molecule has 0 radical (unpaired) electrons. The SMILES string of the molecule is CC(C)CN1CCN(Cc2cccc3ncccc23)C[C@H]1CCO. The third-order valence-electron chi connectivity index (χ3n) is 4.88. The Morgan fingerprint density at radius 1 is 1.21 bits per heavy atom. The van der Waals surface area contributed by atoms with Gasteiger partial charge in [0.15, 0.2) is 0 Å². The van der Waals surface area contributed by atoms with Crippen LogP contribution < -0.4 is 0 Å². The topological polar surface area (TPSA) is 39.6 Å². The van der Waals surface area contributed by atoms with Crippen LogP contribution in [0.3, 0.4) is 0 Å². The minimum Gasteiger partial charge on any atom is -0.396 e. The second-order valence-electron chi connectivity index (χ2n) is 7.28. The lowest BCUT2D eigenvalue weighted by Gasteiger charge is -2.42. The van der Waals surface area contributed by atoms with Crippen LogP contribution in [0, 0.1) is 5.92 Å². The van der Waals surface area contributed by atoms with E-state index in [0.29, 0.717) is 12.0 Å². The molecule has 4 nitrogen and oxygen atoms in total. The molecule has 1 aromatic heterocycles. The number of rotatable bonds is 6. The first-order chi connectivity index (χ1) is 11.7. The summed E-state index contributed by atoms with van der Waals surface area (Å²) < 4.78 is 0. The zero-order valence-electron chi connectivity index (χ0n) is 14.9. The van der Waals surface area contributed by atoms with Crippen LogP contribution in [-0.4, -0.2) is 58.7 Å². The molecule has 0 unspecified atom stereocenters. The highest BCUT2D eigenvalue weighted by molar-refractivity contribution is 5.81. The maximum absolute atomic E-state index is 9.43. The Morgan fingerprint density at radius 3 is 2.88 bits per heavy atom. The van der Waals surface area contributed by atoms with E-state index in [0.717, 1.165) is 44.7 Å². The summed E-state index contributed by atoms with van der Waals surface area (Å²) >= 11 is 0. The molecule has 1 saturated heterocycles. The number of benzene rings is 1. The van der Waals surface area contributed by atoms with Gasteiger partial charge in [0, 0.05) is 57.0 Å². The zero-order chi connectivity index (χ0) is 16.9. The molecule has 1 N–H and O–H groups in total. The molecule has 0 spiro atoms. The Kier molecular flexibility index (Phi) is 5.82. The van der Waals surface area contributed by atoms with Crippen molar-refractivity contribution in [3.05, 3.63) is 42.1 Å². The Hall–Kier alpha value is -1.49. The predicted octanol–water partition coefficient (Wildman–Crippen LogP) is 2.76. The molecule has 1 aliphatic rings. The van der Waals surface area contributed by atoms with Gasteiger partial charge < -0.3 is 5.11 Å². The van der Waals surface area contributed by atoms with Gasteiger partial charge in [-0.3, -0.25) is 14.8 Å². The van der Waals surface area contributed by atoms with Gasteiger partial charge in [-0.25, -0.2) is 0 Å². The molecule has 24 heavy (non-hydrogen) atoms. The molecule has 0 aliphatic carbocycles. The van der Waals surface area contributed by atoms with Gasteiger partial charge in [-0.1, -0.05) is 32.0 Å². The van der Waals surface area contributed by atoms with Crippen LogP contribution in [0.15, 0.2) is 36.5 Å². The molecule has 4 heteroatoms. The van der Waals surface area contributed by atoms with Gasteiger partial charge in [-0.15, -0.1) is 0 Å². The largest absolute Gasteiger partial charge is 0.396 e. The van der Waals surface area contributed by atoms with Crippen LogP contribution in [-0.2, 0) is 6.54 Å². The van der Waals surface area contributed by atoms with Crippen molar-refractivity contribution in [1.29, 1.82) is 0 Å². The van der Waals surface area contributed by atoms with Gasteiger partial charge in [-0.05, 0) is 30.0 Å². The van der Waals surface area contributed by atoms with Crippen molar-refractivity contribution in [2.45, 2.75) is 32.9 Å². The van der Waals surface area contributed by atoms with Crippen LogP contribution in [0.2, 0.25) is 0 Å². The molecule has 0 saturated carbocycles. The normalized spacial score (nSPS) is 20.1. The molecule has 1 fully saturated rings. The number of hydrogen-bond donors (Lipinski definition) is 1. The van der Waals surface area contributed by atoms with Crippen molar-refractivity contribution < 1.29 is 5.11 Å². The molecule has 2 heterocycles. The fourth-order valence-electron chi connectivity index (χ4n) is 3.78. The minimum absolute atomic E-state index is 0.269. The zero-order valence-corrected chi connectivity index (χ0v) is 14.9. The van der Waals surface area contributed by atoms with Crippen molar-refractivity contribution in [3.8, 4) is 0 Å². The number of pyridine rings is 1. The summed E-state index contributed by atoms with van der Waals surface area (Å²) in [4.78, 5) is 9.55. The first-order valence-corrected chi connectivity index (χ1v) is 9.07. The lowest BCUT2D eigenvalue weighted by molar-refractivity contribution is 0.0479. The van der Waals surface area contributed by atoms with Crippen LogP contribution >= 0.6 is 0 Å². The highest BCUT2D eigenvalue weighted by Crippen LogP contribution is 2.21. The highest BCUT2D eigenvalue weighted by atomic mass is 16.3. The fourth-order valence-corrected chi connectivity index (χ4v) is 3.78. The van der Waals surface area contributed by atoms with Gasteiger partial charge in [0.05, 0.1) is 5.52 Å². The summed E-state index contributed by atoms with van der Waals surface area (Å²) in [5.74, 6) is 0.668. The Labute approximate surface area is 145 Å². The van der Waals surface area contributed by atoms with E-state index in [1.807, 2.05) is 12.3 Å². The van der Waals surface area contributed by atoms with Gasteiger partial charge in [0.2, 0.25) is 0 Å². The second-order valence-corrected chi connectivity index (χ2v) is 7.28. The summed E-state index contributed by atoms with van der Waals surface area (Å²) in [6.45, 7) is 10.1. The van der Waals surface area contributed by atoms with E-state index < -0.39 is 0 Å². The van der Waals surface area contributed by atoms with E-state index in [9.17, 15) is 5.11 Å². The number of nitrogens with zero attached hydrogens (tertiary/aromatic N) is 3. The van der Waals surface area contributed by atoms with Gasteiger partial charge in [0.25, 0.3) is 0 Å². The summed E-state index contributed by atoms with van der Waals surface area (Å²) in [6, 6.07) is 11.0. The van der Waals surface area contributed by atoms with E-state index in [1.54, 1.807) is 0 Å². The monoisotopic (exact) mass is 327 g/mol. The van der Waals surface area contributed by atoms with Gasteiger partial charge >= 0.3 is 0 Å².